The third kappa shape index (κ3) is 3.62. The highest BCUT2D eigenvalue weighted by Gasteiger charge is 2.20. The highest BCUT2D eigenvalue weighted by Crippen LogP contribution is 2.27. The Labute approximate surface area is 143 Å². The number of carbonyl (C=O) groups excluding carboxylic acids is 2. The number of rotatable bonds is 5. The normalized spacial score (nSPS) is 11.1. The fourth-order valence-corrected chi connectivity index (χ4v) is 3.35. The number of hydrogen-bond acceptors (Lipinski definition) is 7. The maximum Gasteiger partial charge on any atom is 0.348 e. The molecule has 0 aliphatic heterocycles. The standard InChI is InChI=1S/C15H20N4O4S/c1-8-11-13(21)16-9(6-19(4)7-10(20)18(2)3)17-14(11)24-12(8)15(22)23-5/h6-7H2,1-5H3,(H,16,17,21). The second kappa shape index (κ2) is 7.10. The summed E-state index contributed by atoms with van der Waals surface area (Å²) < 4.78 is 4.73. The van der Waals surface area contributed by atoms with Gasteiger partial charge in [-0.3, -0.25) is 14.5 Å². The molecular formula is C15H20N4O4S. The van der Waals surface area contributed by atoms with Crippen LogP contribution >= 0.6 is 11.3 Å². The molecule has 1 N–H and O–H groups in total. The van der Waals surface area contributed by atoms with Crippen LogP contribution in [0.3, 0.4) is 0 Å². The van der Waals surface area contributed by atoms with Gasteiger partial charge in [-0.25, -0.2) is 9.78 Å². The van der Waals surface area contributed by atoms with Crippen LogP contribution in [0.5, 0.6) is 0 Å². The van der Waals surface area contributed by atoms with E-state index in [2.05, 4.69) is 9.97 Å². The van der Waals surface area contributed by atoms with Crippen molar-refractivity contribution in [2.45, 2.75) is 13.5 Å². The molecule has 0 aliphatic carbocycles. The van der Waals surface area contributed by atoms with Crippen molar-refractivity contribution in [1.29, 1.82) is 0 Å². The average molecular weight is 352 g/mol. The maximum absolute atomic E-state index is 12.3. The summed E-state index contributed by atoms with van der Waals surface area (Å²) in [6.45, 7) is 2.23. The Morgan fingerprint density at radius 2 is 1.96 bits per heavy atom. The number of carbonyl (C=O) groups is 2. The van der Waals surface area contributed by atoms with Crippen LogP contribution in [0, 0.1) is 6.92 Å². The van der Waals surface area contributed by atoms with E-state index >= 15 is 0 Å². The van der Waals surface area contributed by atoms with Crippen molar-refractivity contribution in [3.8, 4) is 0 Å². The number of likely N-dealkylation sites (N-methyl/N-ethyl adjacent to an activating group) is 2. The van der Waals surface area contributed by atoms with Crippen LogP contribution in [0.2, 0.25) is 0 Å². The van der Waals surface area contributed by atoms with Gasteiger partial charge >= 0.3 is 5.97 Å². The molecule has 9 heteroatoms. The van der Waals surface area contributed by atoms with Crippen LogP contribution in [-0.2, 0) is 16.1 Å². The van der Waals surface area contributed by atoms with Gasteiger partial charge in [0.15, 0.2) is 0 Å². The highest BCUT2D eigenvalue weighted by atomic mass is 32.1. The van der Waals surface area contributed by atoms with Gasteiger partial charge in [-0.15, -0.1) is 11.3 Å². The van der Waals surface area contributed by atoms with E-state index < -0.39 is 5.97 Å². The van der Waals surface area contributed by atoms with Crippen molar-refractivity contribution < 1.29 is 14.3 Å². The third-order valence-corrected chi connectivity index (χ3v) is 4.71. The molecule has 0 bridgehead atoms. The molecule has 0 aliphatic rings. The number of aryl methyl sites for hydroxylation is 1. The Morgan fingerprint density at radius 1 is 1.29 bits per heavy atom. The summed E-state index contributed by atoms with van der Waals surface area (Å²) in [6.07, 6.45) is 0. The number of aromatic nitrogens is 2. The summed E-state index contributed by atoms with van der Waals surface area (Å²) in [5.74, 6) is -0.0785. The lowest BCUT2D eigenvalue weighted by atomic mass is 10.2. The summed E-state index contributed by atoms with van der Waals surface area (Å²) in [6, 6.07) is 0. The van der Waals surface area contributed by atoms with Crippen molar-refractivity contribution in [3.63, 3.8) is 0 Å². The summed E-state index contributed by atoms with van der Waals surface area (Å²) in [7, 11) is 6.44. The minimum atomic E-state index is -0.481. The van der Waals surface area contributed by atoms with Crippen molar-refractivity contribution in [2.24, 2.45) is 0 Å². The zero-order chi connectivity index (χ0) is 18.0. The first-order valence-corrected chi connectivity index (χ1v) is 8.05. The smallest absolute Gasteiger partial charge is 0.348 e. The number of hydrogen-bond donors (Lipinski definition) is 1. The van der Waals surface area contributed by atoms with Crippen LogP contribution in [0.25, 0.3) is 10.2 Å². The average Bonchev–Trinajstić information content (AvgIpc) is 2.83. The van der Waals surface area contributed by atoms with Crippen LogP contribution < -0.4 is 5.56 Å². The lowest BCUT2D eigenvalue weighted by molar-refractivity contribution is -0.129. The summed E-state index contributed by atoms with van der Waals surface area (Å²) in [4.78, 5) is 47.1. The molecule has 0 radical (unpaired) electrons. The Kier molecular flexibility index (Phi) is 5.35. The number of fused-ring (bicyclic) bond motifs is 1. The monoisotopic (exact) mass is 352 g/mol. The van der Waals surface area contributed by atoms with E-state index in [9.17, 15) is 14.4 Å². The maximum atomic E-state index is 12.3. The van der Waals surface area contributed by atoms with Crippen LogP contribution in [-0.4, -0.2) is 66.4 Å². The van der Waals surface area contributed by atoms with Gasteiger partial charge in [-0.05, 0) is 19.5 Å². The summed E-state index contributed by atoms with van der Waals surface area (Å²) in [5, 5.41) is 0.399. The molecule has 2 heterocycles. The van der Waals surface area contributed by atoms with Gasteiger partial charge in [0.25, 0.3) is 5.56 Å². The fourth-order valence-electron chi connectivity index (χ4n) is 2.23. The lowest BCUT2D eigenvalue weighted by Crippen LogP contribution is -2.34. The van der Waals surface area contributed by atoms with E-state index in [1.807, 2.05) is 0 Å². The number of amides is 1. The van der Waals surface area contributed by atoms with Crippen molar-refractivity contribution in [2.75, 3.05) is 34.8 Å². The molecule has 0 spiro atoms. The zero-order valence-corrected chi connectivity index (χ0v) is 15.1. The van der Waals surface area contributed by atoms with E-state index in [-0.39, 0.29) is 18.0 Å². The number of H-pyrrole nitrogens is 1. The number of nitrogens with one attached hydrogen (secondary N) is 1. The second-order valence-corrected chi connectivity index (χ2v) is 6.70. The molecule has 130 valence electrons. The molecule has 0 saturated carbocycles. The number of aromatic amines is 1. The van der Waals surface area contributed by atoms with Gasteiger partial charge in [0.05, 0.1) is 25.6 Å². The molecule has 0 fully saturated rings. The van der Waals surface area contributed by atoms with E-state index in [1.54, 1.807) is 33.0 Å². The first-order valence-electron chi connectivity index (χ1n) is 7.24. The molecular weight excluding hydrogens is 332 g/mol. The molecule has 8 nitrogen and oxygen atoms in total. The largest absolute Gasteiger partial charge is 0.465 e. The minimum Gasteiger partial charge on any atom is -0.465 e. The molecule has 2 aromatic rings. The third-order valence-electron chi connectivity index (χ3n) is 3.54. The van der Waals surface area contributed by atoms with Gasteiger partial charge < -0.3 is 14.6 Å². The molecule has 2 rings (SSSR count). The number of nitrogens with zero attached hydrogens (tertiary/aromatic N) is 3. The zero-order valence-electron chi connectivity index (χ0n) is 14.3. The number of thiophene rings is 1. The molecule has 0 unspecified atom stereocenters. The second-order valence-electron chi connectivity index (χ2n) is 5.70. The predicted molar refractivity (Wildman–Crippen MR) is 91.3 cm³/mol. The van der Waals surface area contributed by atoms with Crippen LogP contribution in [0.15, 0.2) is 4.79 Å². The van der Waals surface area contributed by atoms with Gasteiger partial charge in [0.2, 0.25) is 5.91 Å². The van der Waals surface area contributed by atoms with Gasteiger partial charge in [-0.1, -0.05) is 0 Å². The Morgan fingerprint density at radius 3 is 2.54 bits per heavy atom. The molecule has 0 atom stereocenters. The Balaban J connectivity index is 2.32. The Bertz CT molecular complexity index is 840. The first kappa shape index (κ1) is 18.1. The van der Waals surface area contributed by atoms with Gasteiger partial charge in [0, 0.05) is 14.1 Å². The SMILES string of the molecule is COC(=O)c1sc2nc(CN(C)CC(=O)N(C)C)[nH]c(=O)c2c1C. The van der Waals surface area contributed by atoms with E-state index in [0.29, 0.717) is 33.0 Å². The topological polar surface area (TPSA) is 95.6 Å². The quantitative estimate of drug-likeness (QED) is 0.792. The van der Waals surface area contributed by atoms with Crippen LogP contribution in [0.4, 0.5) is 0 Å². The molecule has 24 heavy (non-hydrogen) atoms. The molecule has 0 saturated heterocycles. The minimum absolute atomic E-state index is 0.0409. The molecule has 1 amide bonds. The number of ether oxygens (including phenoxy) is 1. The van der Waals surface area contributed by atoms with Crippen LogP contribution in [0.1, 0.15) is 21.1 Å². The van der Waals surface area contributed by atoms with E-state index in [4.69, 9.17) is 4.74 Å². The number of methoxy groups -OCH3 is 1. The summed E-state index contributed by atoms with van der Waals surface area (Å²) in [5.41, 5.74) is 0.268. The molecule has 2 aromatic heterocycles. The van der Waals surface area contributed by atoms with Gasteiger partial charge in [-0.2, -0.15) is 0 Å². The van der Waals surface area contributed by atoms with E-state index in [1.165, 1.54) is 12.0 Å². The summed E-state index contributed by atoms with van der Waals surface area (Å²) >= 11 is 1.13. The van der Waals surface area contributed by atoms with E-state index in [0.717, 1.165) is 11.3 Å². The first-order chi connectivity index (χ1) is 11.2. The Hall–Kier alpha value is -2.26. The predicted octanol–water partition coefficient (Wildman–Crippen LogP) is 0.600. The van der Waals surface area contributed by atoms with Crippen molar-refractivity contribution in [3.05, 3.63) is 26.6 Å². The van der Waals surface area contributed by atoms with Crippen molar-refractivity contribution >= 4 is 33.4 Å². The van der Waals surface area contributed by atoms with Crippen molar-refractivity contribution in [1.82, 2.24) is 19.8 Å². The van der Waals surface area contributed by atoms with Gasteiger partial charge in [0.1, 0.15) is 15.5 Å². The highest BCUT2D eigenvalue weighted by molar-refractivity contribution is 7.20. The fraction of sp³-hybridized carbons (Fsp3) is 0.467. The number of esters is 1. The lowest BCUT2D eigenvalue weighted by Gasteiger charge is -2.18. The molecule has 0 aromatic carbocycles.